The smallest absolute Gasteiger partial charge is 0.246 e. The molecule has 2 bridgehead atoms. The lowest BCUT2D eigenvalue weighted by atomic mass is 9.70. The average Bonchev–Trinajstić information content (AvgIpc) is 3.16. The Balaban J connectivity index is 2.08. The number of carbonyl (C=O) groups excluding carboxylic acids is 3. The van der Waals surface area contributed by atoms with Gasteiger partial charge in [0.15, 0.2) is 0 Å². The van der Waals surface area contributed by atoms with E-state index in [0.717, 1.165) is 0 Å². The number of halogens is 1. The first-order valence-electron chi connectivity index (χ1n) is 8.96. The fourth-order valence-corrected chi connectivity index (χ4v) is 5.70. The van der Waals surface area contributed by atoms with Gasteiger partial charge in [-0.05, 0) is 27.2 Å². The molecule has 0 saturated carbocycles. The molecule has 3 aliphatic rings. The van der Waals surface area contributed by atoms with Crippen molar-refractivity contribution in [2.45, 2.75) is 61.8 Å². The van der Waals surface area contributed by atoms with Crippen LogP contribution in [-0.4, -0.2) is 76.0 Å². The summed E-state index contributed by atoms with van der Waals surface area (Å²) in [5.41, 5.74) is -1.06. The SMILES string of the molecule is CNC(=O)[C@H]1[C@H]2C(=O)N([C@H](C)CO)C(C(=O)NC(C)C)C23CC(Br)[C@@H]1O3. The van der Waals surface area contributed by atoms with Gasteiger partial charge in [-0.1, -0.05) is 15.9 Å². The third-order valence-electron chi connectivity index (χ3n) is 5.69. The molecule has 3 unspecified atom stereocenters. The van der Waals surface area contributed by atoms with E-state index in [1.165, 1.54) is 11.9 Å². The second kappa shape index (κ2) is 6.76. The van der Waals surface area contributed by atoms with Gasteiger partial charge in [0, 0.05) is 17.9 Å². The van der Waals surface area contributed by atoms with Crippen LogP contribution < -0.4 is 10.6 Å². The van der Waals surface area contributed by atoms with E-state index in [9.17, 15) is 19.5 Å². The van der Waals surface area contributed by atoms with Gasteiger partial charge in [-0.2, -0.15) is 0 Å². The maximum absolute atomic E-state index is 13.3. The molecule has 0 aromatic rings. The number of hydrogen-bond acceptors (Lipinski definition) is 5. The summed E-state index contributed by atoms with van der Waals surface area (Å²) in [5, 5.41) is 15.1. The minimum Gasteiger partial charge on any atom is -0.394 e. The van der Waals surface area contributed by atoms with Crippen molar-refractivity contribution in [3.8, 4) is 0 Å². The first-order valence-corrected chi connectivity index (χ1v) is 9.88. The number of likely N-dealkylation sites (tertiary alicyclic amines) is 1. The summed E-state index contributed by atoms with van der Waals surface area (Å²) in [5.74, 6) is -2.25. The molecule has 1 spiro atoms. The van der Waals surface area contributed by atoms with Crippen molar-refractivity contribution in [1.29, 1.82) is 0 Å². The summed E-state index contributed by atoms with van der Waals surface area (Å²) >= 11 is 3.57. The highest BCUT2D eigenvalue weighted by Crippen LogP contribution is 2.60. The van der Waals surface area contributed by atoms with E-state index in [1.807, 2.05) is 13.8 Å². The Morgan fingerprint density at radius 2 is 2.04 bits per heavy atom. The lowest BCUT2D eigenvalue weighted by Crippen LogP contribution is -2.58. The molecular weight excluding hydrogens is 406 g/mol. The quantitative estimate of drug-likeness (QED) is 0.503. The molecule has 3 heterocycles. The van der Waals surface area contributed by atoms with Gasteiger partial charge in [-0.3, -0.25) is 14.4 Å². The fourth-order valence-electron chi connectivity index (χ4n) is 4.76. The van der Waals surface area contributed by atoms with Crippen molar-refractivity contribution in [1.82, 2.24) is 15.5 Å². The molecule has 3 saturated heterocycles. The molecule has 7 atom stereocenters. The fraction of sp³-hybridized carbons (Fsp3) is 0.824. The van der Waals surface area contributed by atoms with E-state index in [1.54, 1.807) is 6.92 Å². The van der Waals surface area contributed by atoms with Gasteiger partial charge in [0.1, 0.15) is 11.6 Å². The first kappa shape index (κ1) is 19.6. The number of nitrogens with one attached hydrogen (secondary N) is 2. The summed E-state index contributed by atoms with van der Waals surface area (Å²) in [6, 6.07) is -1.52. The number of fused-ring (bicyclic) bond motifs is 1. The topological polar surface area (TPSA) is 108 Å². The Kier molecular flexibility index (Phi) is 5.09. The van der Waals surface area contributed by atoms with E-state index in [0.29, 0.717) is 6.42 Å². The first-order chi connectivity index (χ1) is 12.2. The Hall–Kier alpha value is -1.19. The monoisotopic (exact) mass is 431 g/mol. The molecule has 3 aliphatic heterocycles. The summed E-state index contributed by atoms with van der Waals surface area (Å²) in [6.45, 7) is 5.11. The number of ether oxygens (including phenoxy) is 1. The zero-order chi connectivity index (χ0) is 19.4. The Bertz CT molecular complexity index is 630. The highest BCUT2D eigenvalue weighted by molar-refractivity contribution is 9.09. The summed E-state index contributed by atoms with van der Waals surface area (Å²) < 4.78 is 6.23. The number of alkyl halides is 1. The van der Waals surface area contributed by atoms with Crippen molar-refractivity contribution >= 4 is 33.7 Å². The van der Waals surface area contributed by atoms with Crippen LogP contribution in [0.5, 0.6) is 0 Å². The molecule has 0 radical (unpaired) electrons. The summed E-state index contributed by atoms with van der Waals surface area (Å²) in [6.07, 6.45) is 0.0108. The molecule has 0 aliphatic carbocycles. The van der Waals surface area contributed by atoms with Crippen LogP contribution in [0.2, 0.25) is 0 Å². The number of carbonyl (C=O) groups is 3. The van der Waals surface area contributed by atoms with Gasteiger partial charge in [0.05, 0.1) is 30.6 Å². The maximum atomic E-state index is 13.3. The van der Waals surface area contributed by atoms with E-state index in [4.69, 9.17) is 4.74 Å². The Labute approximate surface area is 161 Å². The second-order valence-corrected chi connectivity index (χ2v) is 8.89. The lowest BCUT2D eigenvalue weighted by molar-refractivity contribution is -0.145. The molecule has 146 valence electrons. The predicted molar refractivity (Wildman–Crippen MR) is 96.4 cm³/mol. The number of aliphatic hydroxyl groups excluding tert-OH is 1. The lowest BCUT2D eigenvalue weighted by Gasteiger charge is -2.36. The molecule has 0 aromatic carbocycles. The average molecular weight is 432 g/mol. The van der Waals surface area contributed by atoms with Crippen LogP contribution >= 0.6 is 15.9 Å². The van der Waals surface area contributed by atoms with Crippen LogP contribution in [0.25, 0.3) is 0 Å². The van der Waals surface area contributed by atoms with Crippen molar-refractivity contribution in [2.75, 3.05) is 13.7 Å². The number of hydrogen-bond donors (Lipinski definition) is 3. The van der Waals surface area contributed by atoms with Crippen molar-refractivity contribution < 1.29 is 24.2 Å². The largest absolute Gasteiger partial charge is 0.394 e. The minimum absolute atomic E-state index is 0.104. The molecule has 3 N–H and O–H groups in total. The summed E-state index contributed by atoms with van der Waals surface area (Å²) in [4.78, 5) is 40.1. The third-order valence-corrected chi connectivity index (χ3v) is 6.54. The molecule has 3 rings (SSSR count). The maximum Gasteiger partial charge on any atom is 0.246 e. The second-order valence-electron chi connectivity index (χ2n) is 7.72. The molecular formula is C17H26BrN3O5. The summed E-state index contributed by atoms with van der Waals surface area (Å²) in [7, 11) is 1.53. The third kappa shape index (κ3) is 2.58. The standard InChI is InChI=1S/C17H26BrN3O5/c1-7(2)20-15(24)13-17-5-9(18)12(26-17)10(14(23)19-4)11(17)16(25)21(13)8(3)6-22/h7-13,22H,5-6H2,1-4H3,(H,19,23)(H,20,24)/t8-,9?,10+,11+,12+,13?,17?/m1/s1. The zero-order valence-electron chi connectivity index (χ0n) is 15.4. The minimum atomic E-state index is -1.06. The number of nitrogens with zero attached hydrogens (tertiary/aromatic N) is 1. The van der Waals surface area contributed by atoms with Gasteiger partial charge >= 0.3 is 0 Å². The normalized spacial score (nSPS) is 39.3. The zero-order valence-corrected chi connectivity index (χ0v) is 16.9. The molecule has 9 heteroatoms. The van der Waals surface area contributed by atoms with E-state index < -0.39 is 35.6 Å². The number of aliphatic hydroxyl groups is 1. The molecule has 3 amide bonds. The van der Waals surface area contributed by atoms with Crippen molar-refractivity contribution in [3.05, 3.63) is 0 Å². The van der Waals surface area contributed by atoms with Crippen molar-refractivity contribution in [3.63, 3.8) is 0 Å². The Morgan fingerprint density at radius 1 is 1.38 bits per heavy atom. The van der Waals surface area contributed by atoms with Crippen LogP contribution in [0.1, 0.15) is 27.2 Å². The Morgan fingerprint density at radius 3 is 2.58 bits per heavy atom. The number of rotatable bonds is 5. The van der Waals surface area contributed by atoms with Gasteiger partial charge in [0.2, 0.25) is 17.7 Å². The van der Waals surface area contributed by atoms with Crippen LogP contribution in [0.4, 0.5) is 0 Å². The molecule has 3 fully saturated rings. The molecule has 26 heavy (non-hydrogen) atoms. The van der Waals surface area contributed by atoms with E-state index in [2.05, 4.69) is 26.6 Å². The van der Waals surface area contributed by atoms with Gasteiger partial charge < -0.3 is 25.4 Å². The highest BCUT2D eigenvalue weighted by atomic mass is 79.9. The van der Waals surface area contributed by atoms with Crippen LogP contribution in [0.15, 0.2) is 0 Å². The van der Waals surface area contributed by atoms with Gasteiger partial charge in [-0.15, -0.1) is 0 Å². The van der Waals surface area contributed by atoms with Crippen LogP contribution in [-0.2, 0) is 19.1 Å². The van der Waals surface area contributed by atoms with Gasteiger partial charge in [-0.25, -0.2) is 0 Å². The molecule has 8 nitrogen and oxygen atoms in total. The predicted octanol–water partition coefficient (Wildman–Crippen LogP) is -0.614. The van der Waals surface area contributed by atoms with Crippen LogP contribution in [0, 0.1) is 11.8 Å². The number of amides is 3. The van der Waals surface area contributed by atoms with Crippen molar-refractivity contribution in [2.24, 2.45) is 11.8 Å². The van der Waals surface area contributed by atoms with Gasteiger partial charge in [0.25, 0.3) is 0 Å². The van der Waals surface area contributed by atoms with E-state index in [-0.39, 0.29) is 35.2 Å². The highest BCUT2D eigenvalue weighted by Gasteiger charge is 2.76. The molecule has 0 aromatic heterocycles. The van der Waals surface area contributed by atoms with E-state index >= 15 is 0 Å². The van der Waals surface area contributed by atoms with Crippen LogP contribution in [0.3, 0.4) is 0 Å².